The maximum atomic E-state index is 5.98. The summed E-state index contributed by atoms with van der Waals surface area (Å²) in [5.74, 6) is 0.871. The monoisotopic (exact) mass is 286 g/mol. The molecule has 1 aromatic carbocycles. The number of hydrogen-bond donors (Lipinski definition) is 2. The molecule has 2 heterocycles. The zero-order chi connectivity index (χ0) is 13.9. The van der Waals surface area contributed by atoms with Crippen LogP contribution in [-0.2, 0) is 6.42 Å². The van der Waals surface area contributed by atoms with Gasteiger partial charge in [-0.15, -0.1) is 0 Å². The number of H-pyrrole nitrogens is 1. The van der Waals surface area contributed by atoms with Crippen LogP contribution in [0.5, 0.6) is 0 Å². The molecular formula is C15H15ClN4. The van der Waals surface area contributed by atoms with Crippen molar-refractivity contribution in [1.29, 1.82) is 0 Å². The molecule has 0 saturated carbocycles. The predicted octanol–water partition coefficient (Wildman–Crippen LogP) is 3.57. The van der Waals surface area contributed by atoms with Gasteiger partial charge in [-0.05, 0) is 37.1 Å². The van der Waals surface area contributed by atoms with Crippen LogP contribution in [-0.4, -0.2) is 21.7 Å². The summed E-state index contributed by atoms with van der Waals surface area (Å²) in [5.41, 5.74) is 3.17. The lowest BCUT2D eigenvalue weighted by atomic mass is 10.1. The summed E-state index contributed by atoms with van der Waals surface area (Å²) in [6.45, 7) is 2.78. The Morgan fingerprint density at radius 1 is 1.30 bits per heavy atom. The average molecular weight is 287 g/mol. The lowest BCUT2D eigenvalue weighted by Crippen LogP contribution is -2.06. The number of aromatic nitrogens is 3. The van der Waals surface area contributed by atoms with E-state index in [0.717, 1.165) is 40.4 Å². The van der Waals surface area contributed by atoms with Crippen molar-refractivity contribution in [1.82, 2.24) is 15.2 Å². The molecule has 0 fully saturated rings. The van der Waals surface area contributed by atoms with Crippen LogP contribution in [0.3, 0.4) is 0 Å². The van der Waals surface area contributed by atoms with Crippen LogP contribution in [0, 0.1) is 6.92 Å². The van der Waals surface area contributed by atoms with Crippen molar-refractivity contribution in [3.8, 4) is 0 Å². The van der Waals surface area contributed by atoms with Gasteiger partial charge >= 0.3 is 0 Å². The molecule has 0 saturated heterocycles. The van der Waals surface area contributed by atoms with E-state index in [9.17, 15) is 0 Å². The van der Waals surface area contributed by atoms with Crippen molar-refractivity contribution in [3.05, 3.63) is 52.8 Å². The Morgan fingerprint density at radius 3 is 3.05 bits per heavy atom. The van der Waals surface area contributed by atoms with Gasteiger partial charge in [-0.2, -0.15) is 5.10 Å². The minimum atomic E-state index is 0.772. The molecule has 0 bridgehead atoms. The van der Waals surface area contributed by atoms with E-state index in [0.29, 0.717) is 0 Å². The second-order valence-corrected chi connectivity index (χ2v) is 5.13. The second-order valence-electron chi connectivity index (χ2n) is 4.70. The van der Waals surface area contributed by atoms with Crippen LogP contribution in [0.2, 0.25) is 5.02 Å². The number of aryl methyl sites for hydroxylation is 1. The molecule has 2 aromatic heterocycles. The first-order valence-corrected chi connectivity index (χ1v) is 6.90. The summed E-state index contributed by atoms with van der Waals surface area (Å²) in [5, 5.41) is 12.4. The first kappa shape index (κ1) is 12.9. The van der Waals surface area contributed by atoms with Crippen LogP contribution < -0.4 is 5.32 Å². The molecule has 0 amide bonds. The molecule has 2 N–H and O–H groups in total. The molecular weight excluding hydrogens is 272 g/mol. The highest BCUT2D eigenvalue weighted by Crippen LogP contribution is 2.22. The van der Waals surface area contributed by atoms with Gasteiger partial charge in [0.1, 0.15) is 5.82 Å². The molecule has 0 aliphatic carbocycles. The third-order valence-corrected chi connectivity index (χ3v) is 3.49. The summed E-state index contributed by atoms with van der Waals surface area (Å²) in [7, 11) is 0. The standard InChI is InChI=1S/C15H15ClN4/c1-10-14-13(20-19-10)6-8-18-15(14)17-7-5-11-3-2-4-12(16)9-11/h2-4,6,8-9H,5,7H2,1H3,(H,17,18)(H,19,20). The fourth-order valence-corrected chi connectivity index (χ4v) is 2.49. The van der Waals surface area contributed by atoms with Crippen LogP contribution in [0.15, 0.2) is 36.5 Å². The second kappa shape index (κ2) is 5.51. The van der Waals surface area contributed by atoms with Crippen molar-refractivity contribution < 1.29 is 0 Å². The number of nitrogens with zero attached hydrogens (tertiary/aromatic N) is 2. The summed E-state index contributed by atoms with van der Waals surface area (Å²) in [6.07, 6.45) is 2.68. The van der Waals surface area contributed by atoms with Crippen LogP contribution in [0.1, 0.15) is 11.3 Å². The zero-order valence-electron chi connectivity index (χ0n) is 11.2. The molecule has 0 aliphatic rings. The number of aromatic amines is 1. The fraction of sp³-hybridized carbons (Fsp3) is 0.200. The minimum absolute atomic E-state index is 0.772. The van der Waals surface area contributed by atoms with Crippen LogP contribution in [0.4, 0.5) is 5.82 Å². The number of fused-ring (bicyclic) bond motifs is 1. The Bertz CT molecular complexity index is 736. The summed E-state index contributed by atoms with van der Waals surface area (Å²) in [6, 6.07) is 9.84. The maximum absolute atomic E-state index is 5.98. The summed E-state index contributed by atoms with van der Waals surface area (Å²) < 4.78 is 0. The zero-order valence-corrected chi connectivity index (χ0v) is 11.9. The van der Waals surface area contributed by atoms with Gasteiger partial charge in [0.05, 0.1) is 16.6 Å². The molecule has 0 atom stereocenters. The van der Waals surface area contributed by atoms with Gasteiger partial charge in [-0.1, -0.05) is 23.7 Å². The van der Waals surface area contributed by atoms with E-state index in [1.54, 1.807) is 6.20 Å². The van der Waals surface area contributed by atoms with Gasteiger partial charge in [0.2, 0.25) is 0 Å². The summed E-state index contributed by atoms with van der Waals surface area (Å²) in [4.78, 5) is 4.39. The number of rotatable bonds is 4. The molecule has 3 aromatic rings. The number of hydrogen-bond acceptors (Lipinski definition) is 3. The first-order valence-electron chi connectivity index (χ1n) is 6.52. The Hall–Kier alpha value is -2.07. The van der Waals surface area contributed by atoms with Gasteiger partial charge in [0.25, 0.3) is 0 Å². The van der Waals surface area contributed by atoms with Gasteiger partial charge in [-0.3, -0.25) is 5.10 Å². The molecule has 0 unspecified atom stereocenters. The first-order chi connectivity index (χ1) is 9.74. The lowest BCUT2D eigenvalue weighted by Gasteiger charge is -2.07. The van der Waals surface area contributed by atoms with E-state index in [1.807, 2.05) is 31.2 Å². The number of pyridine rings is 1. The highest BCUT2D eigenvalue weighted by molar-refractivity contribution is 6.30. The van der Waals surface area contributed by atoms with Gasteiger partial charge in [-0.25, -0.2) is 4.98 Å². The Balaban J connectivity index is 1.73. The smallest absolute Gasteiger partial charge is 0.137 e. The number of nitrogens with one attached hydrogen (secondary N) is 2. The van der Waals surface area contributed by atoms with Gasteiger partial charge in [0, 0.05) is 17.8 Å². The number of anilines is 1. The molecule has 5 heteroatoms. The lowest BCUT2D eigenvalue weighted by molar-refractivity contribution is 1.01. The van der Waals surface area contributed by atoms with Gasteiger partial charge < -0.3 is 5.32 Å². The Labute approximate surface area is 122 Å². The number of benzene rings is 1. The average Bonchev–Trinajstić information content (AvgIpc) is 2.82. The van der Waals surface area contributed by atoms with Gasteiger partial charge in [0.15, 0.2) is 0 Å². The minimum Gasteiger partial charge on any atom is -0.369 e. The van der Waals surface area contributed by atoms with E-state index < -0.39 is 0 Å². The summed E-state index contributed by atoms with van der Waals surface area (Å²) >= 11 is 5.98. The number of halogens is 1. The molecule has 0 spiro atoms. The van der Waals surface area contributed by atoms with E-state index in [2.05, 4.69) is 26.6 Å². The molecule has 102 valence electrons. The van der Waals surface area contributed by atoms with Crippen molar-refractivity contribution >= 4 is 28.3 Å². The van der Waals surface area contributed by atoms with E-state index in [1.165, 1.54) is 5.56 Å². The van der Waals surface area contributed by atoms with E-state index in [4.69, 9.17) is 11.6 Å². The quantitative estimate of drug-likeness (QED) is 0.771. The van der Waals surface area contributed by atoms with Crippen LogP contribution in [0.25, 0.3) is 10.9 Å². The maximum Gasteiger partial charge on any atom is 0.137 e. The Morgan fingerprint density at radius 2 is 2.20 bits per heavy atom. The molecule has 0 aliphatic heterocycles. The van der Waals surface area contributed by atoms with Crippen molar-refractivity contribution in [2.45, 2.75) is 13.3 Å². The van der Waals surface area contributed by atoms with Crippen molar-refractivity contribution in [2.75, 3.05) is 11.9 Å². The van der Waals surface area contributed by atoms with E-state index >= 15 is 0 Å². The highest BCUT2D eigenvalue weighted by atomic mass is 35.5. The third kappa shape index (κ3) is 2.60. The molecule has 3 rings (SSSR count). The highest BCUT2D eigenvalue weighted by Gasteiger charge is 2.07. The van der Waals surface area contributed by atoms with Crippen molar-refractivity contribution in [3.63, 3.8) is 0 Å². The topological polar surface area (TPSA) is 53.6 Å². The fourth-order valence-electron chi connectivity index (χ4n) is 2.27. The third-order valence-electron chi connectivity index (χ3n) is 3.25. The SMILES string of the molecule is Cc1n[nH]c2ccnc(NCCc3cccc(Cl)c3)c12. The Kier molecular flexibility index (Phi) is 3.56. The predicted molar refractivity (Wildman–Crippen MR) is 82.3 cm³/mol. The molecule has 20 heavy (non-hydrogen) atoms. The van der Waals surface area contributed by atoms with Crippen molar-refractivity contribution in [2.24, 2.45) is 0 Å². The van der Waals surface area contributed by atoms with E-state index in [-0.39, 0.29) is 0 Å². The molecule has 0 radical (unpaired) electrons. The largest absolute Gasteiger partial charge is 0.369 e. The normalized spacial score (nSPS) is 10.9. The molecule has 4 nitrogen and oxygen atoms in total. The van der Waals surface area contributed by atoms with Crippen LogP contribution >= 0.6 is 11.6 Å².